The van der Waals surface area contributed by atoms with Gasteiger partial charge in [-0.3, -0.25) is 4.79 Å². The van der Waals surface area contributed by atoms with Crippen molar-refractivity contribution in [3.8, 4) is 0 Å². The van der Waals surface area contributed by atoms with Crippen LogP contribution in [0.1, 0.15) is 0 Å². The second-order valence-electron chi connectivity index (χ2n) is 3.71. The summed E-state index contributed by atoms with van der Waals surface area (Å²) in [5.74, 6) is 0. The molecule has 1 fully saturated rings. The van der Waals surface area contributed by atoms with Crippen LogP contribution in [0.4, 0.5) is 5.69 Å². The largest absolute Gasteiger partial charge is 0.378 e. The van der Waals surface area contributed by atoms with Crippen molar-refractivity contribution in [1.82, 2.24) is 14.6 Å². The molecular formula is C10H12N4O2. The number of hydrogen-bond donors (Lipinski definition) is 1. The quantitative estimate of drug-likeness (QED) is 0.726. The van der Waals surface area contributed by atoms with Crippen molar-refractivity contribution in [1.29, 1.82) is 0 Å². The lowest BCUT2D eigenvalue weighted by Gasteiger charge is -2.27. The predicted molar refractivity (Wildman–Crippen MR) is 58.8 cm³/mol. The third-order valence-electron chi connectivity index (χ3n) is 2.79. The van der Waals surface area contributed by atoms with E-state index in [4.69, 9.17) is 4.74 Å². The smallest absolute Gasteiger partial charge is 0.277 e. The van der Waals surface area contributed by atoms with Crippen LogP contribution in [-0.2, 0) is 4.74 Å². The predicted octanol–water partition coefficient (Wildman–Crippen LogP) is -0.141. The molecule has 84 valence electrons. The second kappa shape index (κ2) is 3.64. The van der Waals surface area contributed by atoms with Crippen LogP contribution in [0.3, 0.4) is 0 Å². The molecular weight excluding hydrogens is 208 g/mol. The highest BCUT2D eigenvalue weighted by Gasteiger charge is 2.16. The molecule has 16 heavy (non-hydrogen) atoms. The number of nitrogens with one attached hydrogen (secondary N) is 1. The fourth-order valence-corrected chi connectivity index (χ4v) is 2.01. The van der Waals surface area contributed by atoms with Crippen LogP contribution in [0.2, 0.25) is 0 Å². The number of rotatable bonds is 1. The van der Waals surface area contributed by atoms with E-state index in [9.17, 15) is 4.79 Å². The molecule has 2 aromatic heterocycles. The van der Waals surface area contributed by atoms with Gasteiger partial charge >= 0.3 is 0 Å². The third-order valence-corrected chi connectivity index (χ3v) is 2.79. The number of hydrogen-bond acceptors (Lipinski definition) is 4. The maximum absolute atomic E-state index is 11.7. The van der Waals surface area contributed by atoms with Gasteiger partial charge in [-0.25, -0.2) is 4.52 Å². The molecule has 3 heterocycles. The number of anilines is 1. The molecule has 1 aliphatic rings. The molecule has 0 spiro atoms. The fourth-order valence-electron chi connectivity index (χ4n) is 2.01. The molecule has 0 amide bonds. The Labute approximate surface area is 91.4 Å². The molecule has 3 rings (SSSR count). The van der Waals surface area contributed by atoms with Crippen molar-refractivity contribution in [2.75, 3.05) is 31.2 Å². The van der Waals surface area contributed by atoms with Gasteiger partial charge in [0.15, 0.2) is 5.52 Å². The Hall–Kier alpha value is -1.82. The zero-order valence-corrected chi connectivity index (χ0v) is 8.72. The van der Waals surface area contributed by atoms with Crippen LogP contribution in [0.15, 0.2) is 23.4 Å². The minimum absolute atomic E-state index is 0.110. The summed E-state index contributed by atoms with van der Waals surface area (Å²) in [7, 11) is 0. The molecule has 1 aliphatic heterocycles. The number of fused-ring (bicyclic) bond motifs is 1. The van der Waals surface area contributed by atoms with Gasteiger partial charge in [0.05, 0.1) is 18.9 Å². The van der Waals surface area contributed by atoms with Crippen LogP contribution >= 0.6 is 0 Å². The van der Waals surface area contributed by atoms with Gasteiger partial charge in [-0.05, 0) is 6.07 Å². The highest BCUT2D eigenvalue weighted by molar-refractivity contribution is 5.72. The minimum atomic E-state index is -0.110. The zero-order valence-electron chi connectivity index (χ0n) is 8.72. The summed E-state index contributed by atoms with van der Waals surface area (Å²) in [6.07, 6.45) is 3.20. The van der Waals surface area contributed by atoms with E-state index < -0.39 is 0 Å². The molecule has 0 saturated carbocycles. The van der Waals surface area contributed by atoms with E-state index in [-0.39, 0.29) is 5.56 Å². The fraction of sp³-hybridized carbons (Fsp3) is 0.400. The number of aromatic amines is 1. The summed E-state index contributed by atoms with van der Waals surface area (Å²) in [4.78, 5) is 16.5. The number of ether oxygens (including phenoxy) is 1. The highest BCUT2D eigenvalue weighted by atomic mass is 16.5. The standard InChI is InChI=1S/C10H12N4O2/c15-10-9-8(13-3-5-16-6-4-13)1-2-14(9)12-7-11-10/h1-2,7H,3-6H2,(H,11,12,15). The molecule has 0 atom stereocenters. The molecule has 0 unspecified atom stereocenters. The summed E-state index contributed by atoms with van der Waals surface area (Å²) in [5, 5.41) is 4.06. The number of morpholine rings is 1. The monoisotopic (exact) mass is 220 g/mol. The molecule has 1 saturated heterocycles. The van der Waals surface area contributed by atoms with E-state index in [0.29, 0.717) is 18.7 Å². The van der Waals surface area contributed by atoms with Crippen LogP contribution in [0.25, 0.3) is 5.52 Å². The Morgan fingerprint density at radius 2 is 2.19 bits per heavy atom. The molecule has 0 aliphatic carbocycles. The molecule has 6 heteroatoms. The van der Waals surface area contributed by atoms with Gasteiger partial charge in [0.1, 0.15) is 6.33 Å². The average Bonchev–Trinajstić information content (AvgIpc) is 2.75. The van der Waals surface area contributed by atoms with Gasteiger partial charge in [0, 0.05) is 19.3 Å². The van der Waals surface area contributed by atoms with Gasteiger partial charge in [0.25, 0.3) is 5.56 Å². The summed E-state index contributed by atoms with van der Waals surface area (Å²) < 4.78 is 6.89. The third kappa shape index (κ3) is 1.38. The zero-order chi connectivity index (χ0) is 11.0. The Bertz CT molecular complexity index is 553. The number of H-pyrrole nitrogens is 1. The summed E-state index contributed by atoms with van der Waals surface area (Å²) in [6, 6.07) is 1.92. The average molecular weight is 220 g/mol. The number of aromatic nitrogens is 3. The highest BCUT2D eigenvalue weighted by Crippen LogP contribution is 2.19. The van der Waals surface area contributed by atoms with Crippen LogP contribution in [0, 0.1) is 0 Å². The Morgan fingerprint density at radius 1 is 1.38 bits per heavy atom. The first kappa shape index (κ1) is 9.41. The summed E-state index contributed by atoms with van der Waals surface area (Å²) in [5.41, 5.74) is 1.42. The molecule has 0 radical (unpaired) electrons. The summed E-state index contributed by atoms with van der Waals surface area (Å²) in [6.45, 7) is 3.03. The van der Waals surface area contributed by atoms with E-state index in [0.717, 1.165) is 18.8 Å². The lowest BCUT2D eigenvalue weighted by molar-refractivity contribution is 0.123. The van der Waals surface area contributed by atoms with Gasteiger partial charge in [0.2, 0.25) is 0 Å². The van der Waals surface area contributed by atoms with E-state index in [1.165, 1.54) is 6.33 Å². The Kier molecular flexibility index (Phi) is 2.14. The molecule has 2 aromatic rings. The lowest BCUT2D eigenvalue weighted by atomic mass is 10.3. The van der Waals surface area contributed by atoms with E-state index >= 15 is 0 Å². The first-order valence-corrected chi connectivity index (χ1v) is 5.24. The van der Waals surface area contributed by atoms with E-state index in [1.807, 2.05) is 6.07 Å². The van der Waals surface area contributed by atoms with Crippen LogP contribution in [-0.4, -0.2) is 40.9 Å². The first-order valence-electron chi connectivity index (χ1n) is 5.24. The lowest BCUT2D eigenvalue weighted by Crippen LogP contribution is -2.36. The normalized spacial score (nSPS) is 16.9. The molecule has 1 N–H and O–H groups in total. The van der Waals surface area contributed by atoms with Gasteiger partial charge < -0.3 is 14.6 Å². The van der Waals surface area contributed by atoms with Crippen molar-refractivity contribution in [2.24, 2.45) is 0 Å². The Balaban J connectivity index is 2.12. The van der Waals surface area contributed by atoms with Gasteiger partial charge in [-0.2, -0.15) is 5.10 Å². The maximum atomic E-state index is 11.7. The second-order valence-corrected chi connectivity index (χ2v) is 3.71. The van der Waals surface area contributed by atoms with Crippen molar-refractivity contribution >= 4 is 11.2 Å². The van der Waals surface area contributed by atoms with E-state index in [1.54, 1.807) is 10.7 Å². The maximum Gasteiger partial charge on any atom is 0.277 e. The molecule has 6 nitrogen and oxygen atoms in total. The minimum Gasteiger partial charge on any atom is -0.378 e. The Morgan fingerprint density at radius 3 is 3.00 bits per heavy atom. The van der Waals surface area contributed by atoms with Gasteiger partial charge in [-0.1, -0.05) is 0 Å². The van der Waals surface area contributed by atoms with Crippen molar-refractivity contribution in [3.05, 3.63) is 28.9 Å². The van der Waals surface area contributed by atoms with Crippen molar-refractivity contribution < 1.29 is 4.74 Å². The SMILES string of the molecule is O=c1[nH]cnn2ccc(N3CCOCC3)c12. The van der Waals surface area contributed by atoms with E-state index in [2.05, 4.69) is 15.0 Å². The summed E-state index contributed by atoms with van der Waals surface area (Å²) >= 11 is 0. The molecule has 0 aromatic carbocycles. The first-order chi connectivity index (χ1) is 7.86. The van der Waals surface area contributed by atoms with Crippen LogP contribution < -0.4 is 10.5 Å². The van der Waals surface area contributed by atoms with Crippen molar-refractivity contribution in [3.63, 3.8) is 0 Å². The van der Waals surface area contributed by atoms with Crippen molar-refractivity contribution in [2.45, 2.75) is 0 Å². The van der Waals surface area contributed by atoms with Gasteiger partial charge in [-0.15, -0.1) is 0 Å². The van der Waals surface area contributed by atoms with Crippen LogP contribution in [0.5, 0.6) is 0 Å². The number of nitrogens with zero attached hydrogens (tertiary/aromatic N) is 3. The topological polar surface area (TPSA) is 62.6 Å². The molecule has 0 bridgehead atoms.